The number of hydrogen-bond donors (Lipinski definition) is 1. The summed E-state index contributed by atoms with van der Waals surface area (Å²) in [6.45, 7) is 7.38. The van der Waals surface area contributed by atoms with Gasteiger partial charge in [0.05, 0.1) is 0 Å². The highest BCUT2D eigenvalue weighted by Crippen LogP contribution is 2.23. The monoisotopic (exact) mass is 305 g/mol. The number of hydrogen-bond acceptors (Lipinski definition) is 2. The van der Waals surface area contributed by atoms with Crippen molar-refractivity contribution in [3.8, 4) is 0 Å². The lowest BCUT2D eigenvalue weighted by atomic mass is 10.0. The maximum atomic E-state index is 10.8. The summed E-state index contributed by atoms with van der Waals surface area (Å²) in [4.78, 5) is 14.7. The first-order valence-corrected chi connectivity index (χ1v) is 7.96. The second-order valence-corrected chi connectivity index (χ2v) is 5.60. The zero-order valence-electron chi connectivity index (χ0n) is 12.8. The van der Waals surface area contributed by atoms with Gasteiger partial charge in [0.25, 0.3) is 0 Å². The number of carbonyl (C=O) groups is 1. The fourth-order valence-corrected chi connectivity index (χ4v) is 2.90. The van der Waals surface area contributed by atoms with Gasteiger partial charge in [0, 0.05) is 31.9 Å². The summed E-state index contributed by atoms with van der Waals surface area (Å²) in [5, 5.41) is 4.19. The predicted octanol–water partition coefficient (Wildman–Crippen LogP) is 2.28. The summed E-state index contributed by atoms with van der Waals surface area (Å²) in [5.74, 6) is 0. The number of thiocarbonyl (C=S) groups is 1. The van der Waals surface area contributed by atoms with Crippen LogP contribution in [0.4, 0.5) is 5.69 Å². The highest BCUT2D eigenvalue weighted by atomic mass is 32.1. The lowest BCUT2D eigenvalue weighted by molar-refractivity contribution is -0.119. The summed E-state index contributed by atoms with van der Waals surface area (Å²) in [6.07, 6.45) is 2.88. The van der Waals surface area contributed by atoms with Gasteiger partial charge in [-0.3, -0.25) is 4.79 Å². The van der Waals surface area contributed by atoms with E-state index in [2.05, 4.69) is 42.3 Å². The molecule has 2 rings (SSSR count). The summed E-state index contributed by atoms with van der Waals surface area (Å²) >= 11 is 5.55. The first-order chi connectivity index (χ1) is 10.2. The van der Waals surface area contributed by atoms with Crippen LogP contribution in [-0.2, 0) is 17.6 Å². The molecule has 1 aromatic carbocycles. The van der Waals surface area contributed by atoms with Crippen molar-refractivity contribution in [2.45, 2.75) is 26.7 Å². The first kappa shape index (κ1) is 15.8. The number of nitrogens with one attached hydrogen (secondary N) is 1. The quantitative estimate of drug-likeness (QED) is 0.684. The fourth-order valence-electron chi connectivity index (χ4n) is 2.62. The van der Waals surface area contributed by atoms with Crippen molar-refractivity contribution >= 4 is 29.4 Å². The minimum Gasteiger partial charge on any atom is -0.345 e. The zero-order valence-corrected chi connectivity index (χ0v) is 13.6. The summed E-state index contributed by atoms with van der Waals surface area (Å²) in [7, 11) is 0. The van der Waals surface area contributed by atoms with E-state index in [0.717, 1.165) is 56.2 Å². The van der Waals surface area contributed by atoms with Gasteiger partial charge in [0.1, 0.15) is 0 Å². The number of carbonyl (C=O) groups excluding carboxylic acids is 1. The van der Waals surface area contributed by atoms with Gasteiger partial charge in [0.2, 0.25) is 6.41 Å². The predicted molar refractivity (Wildman–Crippen MR) is 90.6 cm³/mol. The molecule has 5 heteroatoms. The first-order valence-electron chi connectivity index (χ1n) is 7.55. The maximum absolute atomic E-state index is 10.8. The van der Waals surface area contributed by atoms with E-state index < -0.39 is 0 Å². The van der Waals surface area contributed by atoms with Crippen LogP contribution in [0.15, 0.2) is 18.2 Å². The molecule has 0 radical (unpaired) electrons. The highest BCUT2D eigenvalue weighted by Gasteiger charge is 2.18. The third-order valence-corrected chi connectivity index (χ3v) is 4.34. The Morgan fingerprint density at radius 2 is 1.76 bits per heavy atom. The van der Waals surface area contributed by atoms with Crippen molar-refractivity contribution in [1.29, 1.82) is 0 Å². The molecule has 1 saturated heterocycles. The third-order valence-electron chi connectivity index (χ3n) is 3.98. The largest absolute Gasteiger partial charge is 0.345 e. The maximum Gasteiger partial charge on any atom is 0.209 e. The van der Waals surface area contributed by atoms with Gasteiger partial charge in [-0.15, -0.1) is 0 Å². The number of aryl methyl sites for hydroxylation is 2. The van der Waals surface area contributed by atoms with E-state index in [1.54, 1.807) is 4.90 Å². The van der Waals surface area contributed by atoms with Crippen molar-refractivity contribution in [1.82, 2.24) is 9.80 Å². The molecule has 1 N–H and O–H groups in total. The fraction of sp³-hybridized carbons (Fsp3) is 0.500. The van der Waals surface area contributed by atoms with Crippen LogP contribution in [0.3, 0.4) is 0 Å². The Hall–Kier alpha value is -1.62. The van der Waals surface area contributed by atoms with Crippen LogP contribution in [0, 0.1) is 0 Å². The molecule has 1 aromatic rings. The van der Waals surface area contributed by atoms with E-state index in [9.17, 15) is 4.79 Å². The molecule has 1 aliphatic rings. The van der Waals surface area contributed by atoms with Crippen LogP contribution < -0.4 is 5.32 Å². The van der Waals surface area contributed by atoms with Crippen LogP contribution in [0.2, 0.25) is 0 Å². The second kappa shape index (κ2) is 7.41. The van der Waals surface area contributed by atoms with E-state index in [1.807, 2.05) is 0 Å². The molecule has 21 heavy (non-hydrogen) atoms. The second-order valence-electron chi connectivity index (χ2n) is 5.22. The van der Waals surface area contributed by atoms with Crippen LogP contribution in [0.25, 0.3) is 0 Å². The molecule has 1 fully saturated rings. The average Bonchev–Trinajstić information content (AvgIpc) is 2.55. The molecule has 0 saturated carbocycles. The van der Waals surface area contributed by atoms with Crippen LogP contribution >= 0.6 is 12.2 Å². The Balaban J connectivity index is 2.08. The standard InChI is InChI=1S/C16H23N3OS/c1-3-13-6-5-7-14(4-2)15(13)17-16(21)19-10-8-18(12-20)9-11-19/h5-7,12H,3-4,8-11H2,1-2H3,(H,17,21). The molecular weight excluding hydrogens is 282 g/mol. The van der Waals surface area contributed by atoms with Crippen LogP contribution in [0.5, 0.6) is 0 Å². The summed E-state index contributed by atoms with van der Waals surface area (Å²) < 4.78 is 0. The SMILES string of the molecule is CCc1cccc(CC)c1NC(=S)N1CCN(C=O)CC1. The van der Waals surface area contributed by atoms with Gasteiger partial charge < -0.3 is 15.1 Å². The number of nitrogens with zero attached hydrogens (tertiary/aromatic N) is 2. The lowest BCUT2D eigenvalue weighted by Gasteiger charge is -2.34. The van der Waals surface area contributed by atoms with E-state index in [-0.39, 0.29) is 0 Å². The molecule has 1 amide bonds. The minimum atomic E-state index is 0.737. The van der Waals surface area contributed by atoms with Crippen molar-refractivity contribution in [2.24, 2.45) is 0 Å². The molecule has 0 atom stereocenters. The number of rotatable bonds is 4. The molecule has 1 aliphatic heterocycles. The molecule has 0 bridgehead atoms. The molecule has 0 unspecified atom stereocenters. The Morgan fingerprint density at radius 3 is 2.24 bits per heavy atom. The molecule has 4 nitrogen and oxygen atoms in total. The van der Waals surface area contributed by atoms with E-state index in [1.165, 1.54) is 11.1 Å². The Kier molecular flexibility index (Phi) is 5.56. The number of anilines is 1. The molecule has 114 valence electrons. The highest BCUT2D eigenvalue weighted by molar-refractivity contribution is 7.80. The van der Waals surface area contributed by atoms with Gasteiger partial charge in [-0.05, 0) is 36.2 Å². The van der Waals surface area contributed by atoms with Crippen molar-refractivity contribution in [3.63, 3.8) is 0 Å². The summed E-state index contributed by atoms with van der Waals surface area (Å²) in [6, 6.07) is 6.40. The zero-order chi connectivity index (χ0) is 15.2. The third kappa shape index (κ3) is 3.73. The minimum absolute atomic E-state index is 0.737. The Bertz CT molecular complexity index is 488. The normalized spacial score (nSPS) is 15.0. The summed E-state index contributed by atoms with van der Waals surface area (Å²) in [5.41, 5.74) is 3.75. The van der Waals surface area contributed by atoms with Crippen LogP contribution in [-0.4, -0.2) is 47.5 Å². The number of para-hydroxylation sites is 1. The number of benzene rings is 1. The van der Waals surface area contributed by atoms with Crippen molar-refractivity contribution in [2.75, 3.05) is 31.5 Å². The number of piperazine rings is 1. The van der Waals surface area contributed by atoms with Crippen molar-refractivity contribution < 1.29 is 4.79 Å². The number of amides is 1. The molecular formula is C16H23N3OS. The Morgan fingerprint density at radius 1 is 1.19 bits per heavy atom. The van der Waals surface area contributed by atoms with E-state index in [0.29, 0.717) is 0 Å². The van der Waals surface area contributed by atoms with Gasteiger partial charge in [-0.1, -0.05) is 32.0 Å². The van der Waals surface area contributed by atoms with Crippen LogP contribution in [0.1, 0.15) is 25.0 Å². The average molecular weight is 305 g/mol. The lowest BCUT2D eigenvalue weighted by Crippen LogP contribution is -2.49. The van der Waals surface area contributed by atoms with Gasteiger partial charge in [0.15, 0.2) is 5.11 Å². The molecule has 0 aliphatic carbocycles. The molecule has 0 spiro atoms. The smallest absolute Gasteiger partial charge is 0.209 e. The Labute approximate surface area is 132 Å². The topological polar surface area (TPSA) is 35.6 Å². The molecule has 1 heterocycles. The van der Waals surface area contributed by atoms with Gasteiger partial charge >= 0.3 is 0 Å². The van der Waals surface area contributed by atoms with Gasteiger partial charge in [-0.25, -0.2) is 0 Å². The van der Waals surface area contributed by atoms with Crippen molar-refractivity contribution in [3.05, 3.63) is 29.3 Å². The van der Waals surface area contributed by atoms with Gasteiger partial charge in [-0.2, -0.15) is 0 Å². The van der Waals surface area contributed by atoms with E-state index in [4.69, 9.17) is 12.2 Å². The van der Waals surface area contributed by atoms with E-state index >= 15 is 0 Å². The molecule has 0 aromatic heterocycles.